The van der Waals surface area contributed by atoms with Crippen molar-refractivity contribution in [2.45, 2.75) is 70.9 Å². The molecule has 1 saturated heterocycles. The Balaban J connectivity index is 2.08. The summed E-state index contributed by atoms with van der Waals surface area (Å²) in [5.74, 6) is 0. The Kier molecular flexibility index (Phi) is 6.26. The van der Waals surface area contributed by atoms with Crippen molar-refractivity contribution in [1.29, 1.82) is 0 Å². The molecule has 0 aromatic heterocycles. The molecule has 90 valence electrons. The fraction of sp³-hybridized carbons (Fsp3) is 1.00. The van der Waals surface area contributed by atoms with Gasteiger partial charge >= 0.3 is 0 Å². The highest BCUT2D eigenvalue weighted by molar-refractivity contribution is 4.77. The summed E-state index contributed by atoms with van der Waals surface area (Å²) >= 11 is 0. The third-order valence-electron chi connectivity index (χ3n) is 3.67. The second-order valence-electron chi connectivity index (χ2n) is 5.07. The van der Waals surface area contributed by atoms with E-state index in [2.05, 4.69) is 18.7 Å². The molecule has 0 saturated carbocycles. The van der Waals surface area contributed by atoms with Crippen molar-refractivity contribution >= 4 is 0 Å². The lowest BCUT2D eigenvalue weighted by molar-refractivity contribution is 0.154. The van der Waals surface area contributed by atoms with Crippen molar-refractivity contribution in [3.63, 3.8) is 0 Å². The number of likely N-dealkylation sites (tertiary alicyclic amines) is 1. The Bertz CT molecular complexity index is 151. The quantitative estimate of drug-likeness (QED) is 0.686. The van der Waals surface area contributed by atoms with Crippen LogP contribution >= 0.6 is 0 Å². The number of hydrogen-bond acceptors (Lipinski definition) is 2. The van der Waals surface area contributed by atoms with E-state index in [1.807, 2.05) is 0 Å². The first-order valence-electron chi connectivity index (χ1n) is 6.73. The van der Waals surface area contributed by atoms with Gasteiger partial charge in [-0.1, -0.05) is 32.6 Å². The monoisotopic (exact) mass is 212 g/mol. The van der Waals surface area contributed by atoms with E-state index in [0.29, 0.717) is 6.04 Å². The molecular formula is C13H28N2. The van der Waals surface area contributed by atoms with Gasteiger partial charge in [0.05, 0.1) is 0 Å². The van der Waals surface area contributed by atoms with Gasteiger partial charge in [-0.25, -0.2) is 0 Å². The van der Waals surface area contributed by atoms with Crippen LogP contribution in [0.25, 0.3) is 0 Å². The van der Waals surface area contributed by atoms with Crippen LogP contribution in [0, 0.1) is 0 Å². The van der Waals surface area contributed by atoms with Crippen molar-refractivity contribution in [2.75, 3.05) is 13.1 Å². The van der Waals surface area contributed by atoms with Crippen LogP contribution in [0.2, 0.25) is 0 Å². The third-order valence-corrected chi connectivity index (χ3v) is 3.67. The van der Waals surface area contributed by atoms with Gasteiger partial charge in [0.25, 0.3) is 0 Å². The zero-order valence-electron chi connectivity index (χ0n) is 10.5. The second kappa shape index (κ2) is 7.24. The summed E-state index contributed by atoms with van der Waals surface area (Å²) in [6, 6.07) is 1.24. The van der Waals surface area contributed by atoms with E-state index in [1.165, 1.54) is 58.0 Å². The van der Waals surface area contributed by atoms with Crippen LogP contribution in [0.5, 0.6) is 0 Å². The van der Waals surface area contributed by atoms with Gasteiger partial charge in [-0.3, -0.25) is 0 Å². The molecule has 0 aromatic carbocycles. The first-order valence-corrected chi connectivity index (χ1v) is 6.73. The van der Waals surface area contributed by atoms with E-state index >= 15 is 0 Å². The Labute approximate surface area is 95.2 Å². The van der Waals surface area contributed by atoms with Gasteiger partial charge in [-0.05, 0) is 39.3 Å². The molecule has 1 aliphatic rings. The number of hydrogen-bond donors (Lipinski definition) is 1. The summed E-state index contributed by atoms with van der Waals surface area (Å²) in [5.41, 5.74) is 5.91. The van der Waals surface area contributed by atoms with Crippen molar-refractivity contribution in [3.05, 3.63) is 0 Å². The summed E-state index contributed by atoms with van der Waals surface area (Å²) in [6.45, 7) is 7.09. The standard InChI is InChI=1S/C13H28N2/c1-3-4-5-6-7-12(2)15-10-8-13(14)9-11-15/h12-13H,3-11,14H2,1-2H3. The highest BCUT2D eigenvalue weighted by Gasteiger charge is 2.19. The summed E-state index contributed by atoms with van der Waals surface area (Å²) < 4.78 is 0. The fourth-order valence-corrected chi connectivity index (χ4v) is 2.41. The zero-order valence-corrected chi connectivity index (χ0v) is 10.5. The van der Waals surface area contributed by atoms with Crippen LogP contribution in [0.1, 0.15) is 58.8 Å². The maximum atomic E-state index is 5.91. The first kappa shape index (κ1) is 13.0. The van der Waals surface area contributed by atoms with Crippen LogP contribution < -0.4 is 5.73 Å². The smallest absolute Gasteiger partial charge is 0.00669 e. The molecule has 0 radical (unpaired) electrons. The highest BCUT2D eigenvalue weighted by atomic mass is 15.2. The SMILES string of the molecule is CCCCCCC(C)N1CCC(N)CC1. The Morgan fingerprint density at radius 2 is 1.87 bits per heavy atom. The predicted octanol–water partition coefficient (Wildman–Crippen LogP) is 2.77. The van der Waals surface area contributed by atoms with Crippen molar-refractivity contribution in [1.82, 2.24) is 4.90 Å². The van der Waals surface area contributed by atoms with Crippen LogP contribution in [-0.2, 0) is 0 Å². The molecule has 1 atom stereocenters. The maximum absolute atomic E-state index is 5.91. The van der Waals surface area contributed by atoms with Crippen molar-refractivity contribution in [3.8, 4) is 0 Å². The van der Waals surface area contributed by atoms with E-state index in [-0.39, 0.29) is 0 Å². The van der Waals surface area contributed by atoms with Gasteiger partial charge in [0.2, 0.25) is 0 Å². The molecule has 2 nitrogen and oxygen atoms in total. The zero-order chi connectivity index (χ0) is 11.1. The summed E-state index contributed by atoms with van der Waals surface area (Å²) in [4.78, 5) is 2.62. The minimum atomic E-state index is 0.466. The minimum absolute atomic E-state index is 0.466. The van der Waals surface area contributed by atoms with Crippen LogP contribution in [0.15, 0.2) is 0 Å². The second-order valence-corrected chi connectivity index (χ2v) is 5.07. The normalized spacial score (nSPS) is 21.8. The number of nitrogens with two attached hydrogens (primary N) is 1. The Morgan fingerprint density at radius 3 is 2.47 bits per heavy atom. The molecule has 0 aliphatic carbocycles. The lowest BCUT2D eigenvalue weighted by Crippen LogP contribution is -2.43. The molecule has 0 bridgehead atoms. The minimum Gasteiger partial charge on any atom is -0.328 e. The molecular weight excluding hydrogens is 184 g/mol. The summed E-state index contributed by atoms with van der Waals surface area (Å²) in [6.07, 6.45) is 9.31. The largest absolute Gasteiger partial charge is 0.328 e. The highest BCUT2D eigenvalue weighted by Crippen LogP contribution is 2.16. The van der Waals surface area contributed by atoms with Crippen LogP contribution in [0.3, 0.4) is 0 Å². The average molecular weight is 212 g/mol. The predicted molar refractivity (Wildman–Crippen MR) is 67.0 cm³/mol. The Morgan fingerprint density at radius 1 is 1.20 bits per heavy atom. The topological polar surface area (TPSA) is 29.3 Å². The van der Waals surface area contributed by atoms with Gasteiger partial charge in [0.15, 0.2) is 0 Å². The molecule has 1 aliphatic heterocycles. The number of rotatable bonds is 6. The molecule has 1 unspecified atom stereocenters. The summed E-state index contributed by atoms with van der Waals surface area (Å²) in [5, 5.41) is 0. The molecule has 1 fully saturated rings. The molecule has 2 heteroatoms. The van der Waals surface area contributed by atoms with Gasteiger partial charge in [0.1, 0.15) is 0 Å². The van der Waals surface area contributed by atoms with E-state index in [4.69, 9.17) is 5.73 Å². The first-order chi connectivity index (χ1) is 7.24. The van der Waals surface area contributed by atoms with E-state index in [0.717, 1.165) is 6.04 Å². The molecule has 15 heavy (non-hydrogen) atoms. The molecule has 1 rings (SSSR count). The van der Waals surface area contributed by atoms with Gasteiger partial charge in [0, 0.05) is 12.1 Å². The van der Waals surface area contributed by atoms with Crippen LogP contribution in [0.4, 0.5) is 0 Å². The van der Waals surface area contributed by atoms with Gasteiger partial charge < -0.3 is 10.6 Å². The maximum Gasteiger partial charge on any atom is 0.00669 e. The number of piperidine rings is 1. The van der Waals surface area contributed by atoms with Gasteiger partial charge in [-0.15, -0.1) is 0 Å². The van der Waals surface area contributed by atoms with E-state index in [1.54, 1.807) is 0 Å². The summed E-state index contributed by atoms with van der Waals surface area (Å²) in [7, 11) is 0. The number of unbranched alkanes of at least 4 members (excludes halogenated alkanes) is 3. The van der Waals surface area contributed by atoms with Crippen molar-refractivity contribution in [2.24, 2.45) is 5.73 Å². The van der Waals surface area contributed by atoms with E-state index in [9.17, 15) is 0 Å². The van der Waals surface area contributed by atoms with E-state index < -0.39 is 0 Å². The van der Waals surface area contributed by atoms with Crippen molar-refractivity contribution < 1.29 is 0 Å². The molecule has 2 N–H and O–H groups in total. The van der Waals surface area contributed by atoms with Gasteiger partial charge in [-0.2, -0.15) is 0 Å². The average Bonchev–Trinajstić information content (AvgIpc) is 2.25. The lowest BCUT2D eigenvalue weighted by Gasteiger charge is -2.34. The lowest BCUT2D eigenvalue weighted by atomic mass is 10.0. The molecule has 1 heterocycles. The third kappa shape index (κ3) is 4.98. The molecule has 0 amide bonds. The molecule has 0 aromatic rings. The van der Waals surface area contributed by atoms with Crippen LogP contribution in [-0.4, -0.2) is 30.1 Å². The number of nitrogens with zero attached hydrogens (tertiary/aromatic N) is 1. The molecule has 0 spiro atoms. The fourth-order valence-electron chi connectivity index (χ4n) is 2.41. The Hall–Kier alpha value is -0.0800.